The summed E-state index contributed by atoms with van der Waals surface area (Å²) in [6.07, 6.45) is -0.130. The molecule has 1 amide bonds. The fourth-order valence-corrected chi connectivity index (χ4v) is 2.05. The highest BCUT2D eigenvalue weighted by Crippen LogP contribution is 2.19. The van der Waals surface area contributed by atoms with Crippen molar-refractivity contribution in [2.24, 2.45) is 0 Å². The maximum absolute atomic E-state index is 11.2. The van der Waals surface area contributed by atoms with Crippen molar-refractivity contribution in [1.29, 1.82) is 5.26 Å². The van der Waals surface area contributed by atoms with Gasteiger partial charge in [0.1, 0.15) is 36.9 Å². The molecule has 1 N–H and O–H groups in total. The van der Waals surface area contributed by atoms with Gasteiger partial charge in [0.25, 0.3) is 0 Å². The minimum atomic E-state index is -0.280. The molecule has 25 heavy (non-hydrogen) atoms. The molecule has 0 atom stereocenters. The summed E-state index contributed by atoms with van der Waals surface area (Å²) in [7, 11) is 1.61. The van der Waals surface area contributed by atoms with E-state index in [9.17, 15) is 4.79 Å². The van der Waals surface area contributed by atoms with Crippen LogP contribution in [0.1, 0.15) is 12.0 Å². The zero-order valence-electron chi connectivity index (χ0n) is 14.0. The Balaban J connectivity index is 1.70. The molecule has 0 unspecified atom stereocenters. The van der Waals surface area contributed by atoms with Gasteiger partial charge in [-0.15, -0.1) is 0 Å². The van der Waals surface area contributed by atoms with Crippen LogP contribution < -0.4 is 19.5 Å². The molecule has 0 heterocycles. The van der Waals surface area contributed by atoms with E-state index in [1.165, 1.54) is 0 Å². The molecular formula is C19H20N2O4. The fourth-order valence-electron chi connectivity index (χ4n) is 2.05. The minimum absolute atomic E-state index is 0.130. The maximum Gasteiger partial charge on any atom is 0.234 e. The highest BCUT2D eigenvalue weighted by molar-refractivity contribution is 5.77. The Bertz CT molecular complexity index is 723. The van der Waals surface area contributed by atoms with Gasteiger partial charge in [-0.1, -0.05) is 18.2 Å². The Labute approximate surface area is 146 Å². The van der Waals surface area contributed by atoms with Gasteiger partial charge in [0.05, 0.1) is 13.2 Å². The minimum Gasteiger partial charge on any atom is -0.497 e. The molecule has 0 saturated heterocycles. The Morgan fingerprint density at radius 3 is 2.40 bits per heavy atom. The van der Waals surface area contributed by atoms with Gasteiger partial charge >= 0.3 is 0 Å². The van der Waals surface area contributed by atoms with Crippen molar-refractivity contribution in [2.45, 2.75) is 13.0 Å². The van der Waals surface area contributed by atoms with Gasteiger partial charge in [-0.3, -0.25) is 4.79 Å². The molecule has 0 bridgehead atoms. The van der Waals surface area contributed by atoms with E-state index in [0.717, 1.165) is 22.8 Å². The summed E-state index contributed by atoms with van der Waals surface area (Å²) in [5.41, 5.74) is 0.936. The second-order valence-corrected chi connectivity index (χ2v) is 5.13. The van der Waals surface area contributed by atoms with Gasteiger partial charge in [0.2, 0.25) is 5.91 Å². The van der Waals surface area contributed by atoms with Gasteiger partial charge in [-0.2, -0.15) is 5.26 Å². The van der Waals surface area contributed by atoms with Crippen LogP contribution in [0.15, 0.2) is 48.5 Å². The van der Waals surface area contributed by atoms with Crippen LogP contribution in [0, 0.1) is 11.3 Å². The van der Waals surface area contributed by atoms with Gasteiger partial charge in [-0.05, 0) is 29.8 Å². The molecule has 0 spiro atoms. The highest BCUT2D eigenvalue weighted by atomic mass is 16.5. The zero-order valence-corrected chi connectivity index (χ0v) is 14.0. The predicted octanol–water partition coefficient (Wildman–Crippen LogP) is 2.68. The molecular weight excluding hydrogens is 320 g/mol. The lowest BCUT2D eigenvalue weighted by Crippen LogP contribution is -2.21. The average Bonchev–Trinajstić information content (AvgIpc) is 2.65. The average molecular weight is 340 g/mol. The monoisotopic (exact) mass is 340 g/mol. The number of benzene rings is 2. The van der Waals surface area contributed by atoms with Crippen LogP contribution in [0.5, 0.6) is 17.2 Å². The van der Waals surface area contributed by atoms with Crippen LogP contribution in [-0.4, -0.2) is 26.2 Å². The summed E-state index contributed by atoms with van der Waals surface area (Å²) in [5.74, 6) is 1.92. The number of hydrogen-bond acceptors (Lipinski definition) is 5. The molecule has 0 aromatic heterocycles. The van der Waals surface area contributed by atoms with E-state index in [-0.39, 0.29) is 12.3 Å². The lowest BCUT2D eigenvalue weighted by molar-refractivity contribution is -0.120. The number of carbonyl (C=O) groups excluding carboxylic acids is 1. The SMILES string of the molecule is COc1cccc(OCCOc2ccc(CNC(=O)CC#N)cc2)c1. The quantitative estimate of drug-likeness (QED) is 0.710. The van der Waals surface area contributed by atoms with Crippen LogP contribution >= 0.6 is 0 Å². The maximum atomic E-state index is 11.2. The molecule has 2 aromatic rings. The topological polar surface area (TPSA) is 80.6 Å². The third kappa shape index (κ3) is 6.43. The van der Waals surface area contributed by atoms with Crippen LogP contribution in [0.25, 0.3) is 0 Å². The number of rotatable bonds is 9. The summed E-state index contributed by atoms with van der Waals surface area (Å²) in [6.45, 7) is 1.22. The first-order valence-electron chi connectivity index (χ1n) is 7.83. The van der Waals surface area contributed by atoms with Crippen LogP contribution in [0.2, 0.25) is 0 Å². The third-order valence-electron chi connectivity index (χ3n) is 3.31. The van der Waals surface area contributed by atoms with E-state index < -0.39 is 0 Å². The van der Waals surface area contributed by atoms with Crippen LogP contribution in [-0.2, 0) is 11.3 Å². The number of hydrogen-bond donors (Lipinski definition) is 1. The van der Waals surface area contributed by atoms with E-state index in [1.807, 2.05) is 54.6 Å². The number of carbonyl (C=O) groups is 1. The van der Waals surface area contributed by atoms with Crippen molar-refractivity contribution >= 4 is 5.91 Å². The predicted molar refractivity (Wildman–Crippen MR) is 92.5 cm³/mol. The summed E-state index contributed by atoms with van der Waals surface area (Å²) in [5, 5.41) is 11.1. The molecule has 6 heteroatoms. The third-order valence-corrected chi connectivity index (χ3v) is 3.31. The first-order chi connectivity index (χ1) is 12.2. The summed E-state index contributed by atoms with van der Waals surface area (Å²) in [6, 6.07) is 16.6. The molecule has 130 valence electrons. The first kappa shape index (κ1) is 18.1. The van der Waals surface area contributed by atoms with Crippen molar-refractivity contribution in [1.82, 2.24) is 5.32 Å². The van der Waals surface area contributed by atoms with Crippen LogP contribution in [0.3, 0.4) is 0 Å². The summed E-state index contributed by atoms with van der Waals surface area (Å²) < 4.78 is 16.4. The lowest BCUT2D eigenvalue weighted by atomic mass is 10.2. The normalized spacial score (nSPS) is 9.76. The van der Waals surface area contributed by atoms with E-state index in [1.54, 1.807) is 7.11 Å². The highest BCUT2D eigenvalue weighted by Gasteiger charge is 2.01. The second-order valence-electron chi connectivity index (χ2n) is 5.13. The molecule has 0 saturated carbocycles. The smallest absolute Gasteiger partial charge is 0.234 e. The largest absolute Gasteiger partial charge is 0.497 e. The van der Waals surface area contributed by atoms with Crippen molar-refractivity contribution in [3.63, 3.8) is 0 Å². The van der Waals surface area contributed by atoms with Gasteiger partial charge in [0.15, 0.2) is 0 Å². The Morgan fingerprint density at radius 2 is 1.72 bits per heavy atom. The van der Waals surface area contributed by atoms with Crippen molar-refractivity contribution in [3.05, 3.63) is 54.1 Å². The van der Waals surface area contributed by atoms with Crippen molar-refractivity contribution in [2.75, 3.05) is 20.3 Å². The fraction of sp³-hybridized carbons (Fsp3) is 0.263. The number of ether oxygens (including phenoxy) is 3. The molecule has 2 rings (SSSR count). The van der Waals surface area contributed by atoms with E-state index in [0.29, 0.717) is 19.8 Å². The standard InChI is InChI=1S/C19H20N2O4/c1-23-17-3-2-4-18(13-17)25-12-11-24-16-7-5-15(6-8-16)14-21-19(22)9-10-20/h2-8,13H,9,11-12,14H2,1H3,(H,21,22). The summed E-state index contributed by atoms with van der Waals surface area (Å²) >= 11 is 0. The van der Waals surface area contributed by atoms with E-state index >= 15 is 0 Å². The van der Waals surface area contributed by atoms with Crippen LogP contribution in [0.4, 0.5) is 0 Å². The molecule has 0 aliphatic rings. The molecule has 0 radical (unpaired) electrons. The number of methoxy groups -OCH3 is 1. The van der Waals surface area contributed by atoms with Crippen molar-refractivity contribution < 1.29 is 19.0 Å². The number of nitriles is 1. The molecule has 0 aliphatic carbocycles. The molecule has 0 aliphatic heterocycles. The Hall–Kier alpha value is -3.20. The number of amides is 1. The Kier molecular flexibility index (Phi) is 7.13. The van der Waals surface area contributed by atoms with Gasteiger partial charge in [0, 0.05) is 12.6 Å². The number of nitrogens with zero attached hydrogens (tertiary/aromatic N) is 1. The number of nitrogens with one attached hydrogen (secondary N) is 1. The molecule has 0 fully saturated rings. The zero-order chi connectivity index (χ0) is 17.9. The van der Waals surface area contributed by atoms with E-state index in [4.69, 9.17) is 19.5 Å². The molecule has 6 nitrogen and oxygen atoms in total. The van der Waals surface area contributed by atoms with Gasteiger partial charge in [-0.25, -0.2) is 0 Å². The first-order valence-corrected chi connectivity index (χ1v) is 7.83. The second kappa shape index (κ2) is 9.83. The van der Waals surface area contributed by atoms with Crippen molar-refractivity contribution in [3.8, 4) is 23.3 Å². The summed E-state index contributed by atoms with van der Waals surface area (Å²) in [4.78, 5) is 11.2. The molecule has 2 aromatic carbocycles. The van der Waals surface area contributed by atoms with Gasteiger partial charge < -0.3 is 19.5 Å². The Morgan fingerprint density at radius 1 is 1.04 bits per heavy atom. The van der Waals surface area contributed by atoms with E-state index in [2.05, 4.69) is 5.32 Å². The lowest BCUT2D eigenvalue weighted by Gasteiger charge is -2.10.